The summed E-state index contributed by atoms with van der Waals surface area (Å²) < 4.78 is 0. The summed E-state index contributed by atoms with van der Waals surface area (Å²) in [5.74, 6) is -2.55. The van der Waals surface area contributed by atoms with Crippen LogP contribution in [0.4, 0.5) is 11.4 Å². The van der Waals surface area contributed by atoms with E-state index in [0.29, 0.717) is 63.2 Å². The smallest absolute Gasteiger partial charge is 0.338 e. The molecule has 142 valence electrons. The van der Waals surface area contributed by atoms with Crippen LogP contribution in [-0.4, -0.2) is 70.8 Å². The van der Waals surface area contributed by atoms with Gasteiger partial charge in [0.05, 0.1) is 34.7 Å². The first-order valence-electron chi connectivity index (χ1n) is 8.88. The third kappa shape index (κ3) is 3.61. The van der Waals surface area contributed by atoms with Crippen molar-refractivity contribution in [3.63, 3.8) is 0 Å². The van der Waals surface area contributed by atoms with E-state index in [1.54, 1.807) is 12.1 Å². The van der Waals surface area contributed by atoms with E-state index in [1.807, 2.05) is 9.80 Å². The summed E-state index contributed by atoms with van der Waals surface area (Å²) in [5, 5.41) is 38.8. The largest absolute Gasteiger partial charge is 0.478 e. The van der Waals surface area contributed by atoms with Crippen molar-refractivity contribution in [2.45, 2.75) is 37.9 Å². The lowest BCUT2D eigenvalue weighted by molar-refractivity contribution is 0.0652. The van der Waals surface area contributed by atoms with Gasteiger partial charge in [-0.3, -0.25) is 0 Å². The van der Waals surface area contributed by atoms with Crippen molar-refractivity contribution in [3.8, 4) is 0 Å². The maximum atomic E-state index is 11.9. The van der Waals surface area contributed by atoms with Crippen molar-refractivity contribution in [1.82, 2.24) is 0 Å². The van der Waals surface area contributed by atoms with Crippen molar-refractivity contribution in [2.24, 2.45) is 0 Å². The van der Waals surface area contributed by atoms with Crippen LogP contribution >= 0.6 is 0 Å². The van der Waals surface area contributed by atoms with Gasteiger partial charge in [0.1, 0.15) is 0 Å². The van der Waals surface area contributed by atoms with Gasteiger partial charge in [0, 0.05) is 26.2 Å². The lowest BCUT2D eigenvalue weighted by Gasteiger charge is -2.35. The molecule has 0 spiro atoms. The first-order chi connectivity index (χ1) is 12.4. The lowest BCUT2D eigenvalue weighted by atomic mass is 9.97. The third-order valence-electron chi connectivity index (χ3n) is 5.20. The highest BCUT2D eigenvalue weighted by Crippen LogP contribution is 2.34. The number of rotatable bonds is 4. The number of carboxylic acids is 2. The number of aliphatic hydroxyl groups excluding tert-OH is 2. The molecule has 0 saturated carbocycles. The monoisotopic (exact) mass is 364 g/mol. The average Bonchev–Trinajstić information content (AvgIpc) is 2.61. The molecule has 0 aliphatic carbocycles. The summed E-state index contributed by atoms with van der Waals surface area (Å²) in [7, 11) is 0. The Bertz CT molecular complexity index is 632. The van der Waals surface area contributed by atoms with E-state index in [-0.39, 0.29) is 11.1 Å². The van der Waals surface area contributed by atoms with Gasteiger partial charge in [-0.15, -0.1) is 0 Å². The second kappa shape index (κ2) is 7.51. The van der Waals surface area contributed by atoms with Crippen LogP contribution in [0, 0.1) is 0 Å². The summed E-state index contributed by atoms with van der Waals surface area (Å²) in [5.41, 5.74) is 0.334. The Morgan fingerprint density at radius 2 is 1.04 bits per heavy atom. The molecular weight excluding hydrogens is 340 g/mol. The van der Waals surface area contributed by atoms with Gasteiger partial charge in [-0.1, -0.05) is 0 Å². The summed E-state index contributed by atoms with van der Waals surface area (Å²) in [6, 6.07) is 3.32. The van der Waals surface area contributed by atoms with Crippen LogP contribution < -0.4 is 9.80 Å². The number of piperidine rings is 2. The van der Waals surface area contributed by atoms with Crippen LogP contribution in [0.3, 0.4) is 0 Å². The fourth-order valence-electron chi connectivity index (χ4n) is 3.75. The van der Waals surface area contributed by atoms with Crippen LogP contribution in [0.5, 0.6) is 0 Å². The van der Waals surface area contributed by atoms with Gasteiger partial charge in [-0.05, 0) is 37.8 Å². The second-order valence-electron chi connectivity index (χ2n) is 6.90. The Morgan fingerprint density at radius 1 is 0.731 bits per heavy atom. The van der Waals surface area contributed by atoms with E-state index in [4.69, 9.17) is 0 Å². The normalized spacial score (nSPS) is 19.6. The number of hydrogen-bond acceptors (Lipinski definition) is 6. The molecule has 3 rings (SSSR count). The molecule has 4 N–H and O–H groups in total. The van der Waals surface area contributed by atoms with Gasteiger partial charge < -0.3 is 30.2 Å². The molecular formula is C18H24N2O6. The molecule has 0 unspecified atom stereocenters. The molecule has 0 radical (unpaired) electrons. The van der Waals surface area contributed by atoms with Gasteiger partial charge in [0.25, 0.3) is 0 Å². The summed E-state index contributed by atoms with van der Waals surface area (Å²) in [6.07, 6.45) is 1.27. The molecule has 26 heavy (non-hydrogen) atoms. The van der Waals surface area contributed by atoms with E-state index >= 15 is 0 Å². The van der Waals surface area contributed by atoms with Gasteiger partial charge in [0.2, 0.25) is 0 Å². The van der Waals surface area contributed by atoms with Gasteiger partial charge in [-0.2, -0.15) is 0 Å². The molecule has 1 aromatic rings. The zero-order valence-electron chi connectivity index (χ0n) is 14.5. The summed E-state index contributed by atoms with van der Waals surface area (Å²) in [4.78, 5) is 27.5. The predicted molar refractivity (Wildman–Crippen MR) is 95.3 cm³/mol. The number of aliphatic hydroxyl groups is 2. The number of hydrogen-bond donors (Lipinski definition) is 4. The first-order valence-corrected chi connectivity index (χ1v) is 8.88. The Labute approximate surface area is 151 Å². The maximum Gasteiger partial charge on any atom is 0.338 e. The Kier molecular flexibility index (Phi) is 5.33. The fraction of sp³-hybridized carbons (Fsp3) is 0.556. The van der Waals surface area contributed by atoms with Crippen molar-refractivity contribution in [1.29, 1.82) is 0 Å². The minimum Gasteiger partial charge on any atom is -0.478 e. The highest BCUT2D eigenvalue weighted by atomic mass is 16.4. The SMILES string of the molecule is O=C(O)c1c(N2CCC(O)CC2)ccc(N2CCC(O)CC2)c1C(=O)O. The predicted octanol–water partition coefficient (Wildman–Crippen LogP) is 1.01. The molecule has 2 aliphatic rings. The zero-order chi connectivity index (χ0) is 18.8. The fourth-order valence-corrected chi connectivity index (χ4v) is 3.75. The molecule has 8 nitrogen and oxygen atoms in total. The second-order valence-corrected chi connectivity index (χ2v) is 6.90. The molecule has 8 heteroatoms. The third-order valence-corrected chi connectivity index (χ3v) is 5.20. The summed E-state index contributed by atoms with van der Waals surface area (Å²) >= 11 is 0. The Hall–Kier alpha value is -2.32. The standard InChI is InChI=1S/C18H24N2O6/c21-11-3-7-19(8-4-11)13-1-2-14(20-9-5-12(22)6-10-20)16(18(25)26)15(13)17(23)24/h1-2,11-12,21-22H,3-10H2,(H,23,24)(H,25,26). The molecule has 2 fully saturated rings. The highest BCUT2D eigenvalue weighted by Gasteiger charge is 2.31. The van der Waals surface area contributed by atoms with E-state index in [1.165, 1.54) is 0 Å². The van der Waals surface area contributed by atoms with Crippen LogP contribution in [0.15, 0.2) is 12.1 Å². The Balaban J connectivity index is 2.03. The zero-order valence-corrected chi connectivity index (χ0v) is 14.5. The number of carboxylic acid groups (broad SMARTS) is 2. The molecule has 2 heterocycles. The maximum absolute atomic E-state index is 11.9. The van der Waals surface area contributed by atoms with Crippen LogP contribution in [0.25, 0.3) is 0 Å². The molecule has 0 aromatic heterocycles. The average molecular weight is 364 g/mol. The number of nitrogens with zero attached hydrogens (tertiary/aromatic N) is 2. The van der Waals surface area contributed by atoms with E-state index < -0.39 is 24.1 Å². The molecule has 2 aliphatic heterocycles. The number of benzene rings is 1. The molecule has 0 amide bonds. The minimum atomic E-state index is -1.28. The van der Waals surface area contributed by atoms with E-state index in [9.17, 15) is 30.0 Å². The lowest BCUT2D eigenvalue weighted by Crippen LogP contribution is -2.38. The first kappa shape index (κ1) is 18.5. The van der Waals surface area contributed by atoms with Gasteiger partial charge in [0.15, 0.2) is 0 Å². The van der Waals surface area contributed by atoms with Gasteiger partial charge in [-0.25, -0.2) is 9.59 Å². The van der Waals surface area contributed by atoms with Crippen molar-refractivity contribution in [3.05, 3.63) is 23.3 Å². The highest BCUT2D eigenvalue weighted by molar-refractivity contribution is 6.09. The quantitative estimate of drug-likeness (QED) is 0.624. The van der Waals surface area contributed by atoms with Crippen molar-refractivity contribution < 1.29 is 30.0 Å². The minimum absolute atomic E-state index is 0.211. The van der Waals surface area contributed by atoms with Crippen molar-refractivity contribution >= 4 is 23.3 Å². The molecule has 0 bridgehead atoms. The van der Waals surface area contributed by atoms with Crippen molar-refractivity contribution in [2.75, 3.05) is 36.0 Å². The summed E-state index contributed by atoms with van der Waals surface area (Å²) in [6.45, 7) is 1.93. The van der Waals surface area contributed by atoms with Gasteiger partial charge >= 0.3 is 11.9 Å². The number of aromatic carboxylic acids is 2. The number of anilines is 2. The molecule has 1 aromatic carbocycles. The molecule has 2 saturated heterocycles. The Morgan fingerprint density at radius 3 is 1.31 bits per heavy atom. The van der Waals surface area contributed by atoms with E-state index in [0.717, 1.165) is 0 Å². The van der Waals surface area contributed by atoms with Crippen LogP contribution in [0.1, 0.15) is 46.4 Å². The molecule has 0 atom stereocenters. The topological polar surface area (TPSA) is 122 Å². The van der Waals surface area contributed by atoms with E-state index in [2.05, 4.69) is 0 Å². The number of carbonyl (C=O) groups is 2. The van der Waals surface area contributed by atoms with Crippen LogP contribution in [-0.2, 0) is 0 Å². The van der Waals surface area contributed by atoms with Crippen LogP contribution in [0.2, 0.25) is 0 Å².